The quantitative estimate of drug-likeness (QED) is 0.747. The maximum absolute atomic E-state index is 13.3. The van der Waals surface area contributed by atoms with Gasteiger partial charge >= 0.3 is 0 Å². The van der Waals surface area contributed by atoms with E-state index in [9.17, 15) is 9.18 Å². The van der Waals surface area contributed by atoms with E-state index in [-0.39, 0.29) is 30.9 Å². The van der Waals surface area contributed by atoms with Crippen molar-refractivity contribution in [2.45, 2.75) is 18.9 Å². The highest BCUT2D eigenvalue weighted by Gasteiger charge is 2.30. The SMILES string of the molecule is COc1cc(C[C@H]2CC(CNC(=O)c3cccc(F)c3)=NO2)c(OC)c2c1OCO2. The number of carbonyl (C=O) groups excluding carboxylic acids is 1. The Balaban J connectivity index is 1.38. The van der Waals surface area contributed by atoms with Crippen molar-refractivity contribution >= 4 is 11.6 Å². The monoisotopic (exact) mass is 416 g/mol. The number of benzene rings is 2. The van der Waals surface area contributed by atoms with Gasteiger partial charge < -0.3 is 29.1 Å². The van der Waals surface area contributed by atoms with Gasteiger partial charge in [0.1, 0.15) is 11.9 Å². The van der Waals surface area contributed by atoms with Gasteiger partial charge in [-0.2, -0.15) is 0 Å². The van der Waals surface area contributed by atoms with Crippen LogP contribution in [0.4, 0.5) is 4.39 Å². The fourth-order valence-electron chi connectivity index (χ4n) is 3.45. The number of nitrogens with zero attached hydrogens (tertiary/aromatic N) is 1. The molecule has 0 unspecified atom stereocenters. The molecule has 0 fully saturated rings. The average Bonchev–Trinajstić information content (AvgIpc) is 3.41. The molecule has 2 aliphatic heterocycles. The number of carbonyl (C=O) groups is 1. The average molecular weight is 416 g/mol. The largest absolute Gasteiger partial charge is 0.493 e. The normalized spacial score (nSPS) is 16.6. The van der Waals surface area contributed by atoms with Crippen LogP contribution in [0.1, 0.15) is 22.3 Å². The molecule has 2 aliphatic rings. The summed E-state index contributed by atoms with van der Waals surface area (Å²) in [5, 5.41) is 6.80. The number of methoxy groups -OCH3 is 2. The van der Waals surface area contributed by atoms with Crippen molar-refractivity contribution in [1.82, 2.24) is 5.32 Å². The third-order valence-corrected chi connectivity index (χ3v) is 4.85. The summed E-state index contributed by atoms with van der Waals surface area (Å²) in [5.74, 6) is 1.32. The van der Waals surface area contributed by atoms with Crippen LogP contribution in [0.2, 0.25) is 0 Å². The molecule has 1 atom stereocenters. The van der Waals surface area contributed by atoms with Crippen molar-refractivity contribution in [2.24, 2.45) is 5.16 Å². The van der Waals surface area contributed by atoms with Crippen molar-refractivity contribution in [3.05, 3.63) is 47.3 Å². The lowest BCUT2D eigenvalue weighted by Gasteiger charge is -2.15. The Kier molecular flexibility index (Phi) is 5.60. The fourth-order valence-corrected chi connectivity index (χ4v) is 3.45. The van der Waals surface area contributed by atoms with Crippen LogP contribution in [-0.4, -0.2) is 45.3 Å². The first kappa shape index (κ1) is 19.8. The minimum absolute atomic E-state index is 0.101. The molecule has 1 amide bonds. The number of amides is 1. The first-order valence-corrected chi connectivity index (χ1v) is 9.37. The van der Waals surface area contributed by atoms with E-state index in [1.807, 2.05) is 6.07 Å². The van der Waals surface area contributed by atoms with E-state index < -0.39 is 5.82 Å². The molecular weight excluding hydrogens is 395 g/mol. The zero-order chi connectivity index (χ0) is 21.1. The Hall–Kier alpha value is -3.49. The Morgan fingerprint density at radius 3 is 2.83 bits per heavy atom. The molecule has 0 saturated heterocycles. The van der Waals surface area contributed by atoms with Crippen LogP contribution < -0.4 is 24.3 Å². The molecule has 0 aromatic heterocycles. The molecule has 2 aromatic carbocycles. The van der Waals surface area contributed by atoms with Gasteiger partial charge in [-0.1, -0.05) is 11.2 Å². The summed E-state index contributed by atoms with van der Waals surface area (Å²) in [4.78, 5) is 17.7. The Morgan fingerprint density at radius 1 is 1.23 bits per heavy atom. The Bertz CT molecular complexity index is 994. The van der Waals surface area contributed by atoms with Crippen LogP contribution in [0.25, 0.3) is 0 Å². The van der Waals surface area contributed by atoms with Crippen molar-refractivity contribution in [3.8, 4) is 23.0 Å². The standard InChI is InChI=1S/C21H21FN2O6/c1-26-17-8-13(18(27-2)20-19(17)28-11-29-20)7-16-9-15(24-30-16)10-23-21(25)12-4-3-5-14(22)6-12/h3-6,8,16H,7,9-11H2,1-2H3,(H,23,25)/t16-/m0/s1. The second-order valence-electron chi connectivity index (χ2n) is 6.82. The lowest BCUT2D eigenvalue weighted by atomic mass is 10.0. The van der Waals surface area contributed by atoms with Gasteiger partial charge in [0.05, 0.1) is 26.5 Å². The van der Waals surface area contributed by atoms with E-state index in [0.29, 0.717) is 41.6 Å². The van der Waals surface area contributed by atoms with Crippen molar-refractivity contribution in [2.75, 3.05) is 27.6 Å². The summed E-state index contributed by atoms with van der Waals surface area (Å²) in [5.41, 5.74) is 1.78. The molecule has 0 saturated carbocycles. The highest BCUT2D eigenvalue weighted by molar-refractivity contribution is 5.98. The van der Waals surface area contributed by atoms with Gasteiger partial charge in [-0.25, -0.2) is 4.39 Å². The van der Waals surface area contributed by atoms with Crippen LogP contribution in [0, 0.1) is 5.82 Å². The minimum Gasteiger partial charge on any atom is -0.493 e. The molecule has 0 spiro atoms. The van der Waals surface area contributed by atoms with E-state index in [0.717, 1.165) is 5.56 Å². The number of fused-ring (bicyclic) bond motifs is 1. The summed E-state index contributed by atoms with van der Waals surface area (Å²) in [6.07, 6.45) is 0.801. The number of halogens is 1. The molecule has 158 valence electrons. The third kappa shape index (κ3) is 3.96. The Labute approximate surface area is 172 Å². The summed E-state index contributed by atoms with van der Waals surface area (Å²) in [6, 6.07) is 7.34. The molecule has 0 bridgehead atoms. The van der Waals surface area contributed by atoms with Crippen LogP contribution in [0.15, 0.2) is 35.5 Å². The maximum Gasteiger partial charge on any atom is 0.251 e. The lowest BCUT2D eigenvalue weighted by molar-refractivity contribution is 0.0853. The summed E-state index contributed by atoms with van der Waals surface area (Å²) in [7, 11) is 3.12. The van der Waals surface area contributed by atoms with E-state index in [1.165, 1.54) is 18.2 Å². The minimum atomic E-state index is -0.461. The number of rotatable bonds is 7. The van der Waals surface area contributed by atoms with Crippen LogP contribution in [0.5, 0.6) is 23.0 Å². The summed E-state index contributed by atoms with van der Waals surface area (Å²) < 4.78 is 35.2. The molecule has 4 rings (SSSR count). The van der Waals surface area contributed by atoms with Crippen LogP contribution in [-0.2, 0) is 11.3 Å². The van der Waals surface area contributed by atoms with E-state index in [2.05, 4.69) is 10.5 Å². The van der Waals surface area contributed by atoms with Crippen molar-refractivity contribution < 1.29 is 33.0 Å². The molecule has 8 nitrogen and oxygen atoms in total. The summed E-state index contributed by atoms with van der Waals surface area (Å²) >= 11 is 0. The molecule has 0 aliphatic carbocycles. The van der Waals surface area contributed by atoms with E-state index >= 15 is 0 Å². The van der Waals surface area contributed by atoms with Crippen molar-refractivity contribution in [3.63, 3.8) is 0 Å². The van der Waals surface area contributed by atoms with Crippen LogP contribution in [0.3, 0.4) is 0 Å². The molecule has 30 heavy (non-hydrogen) atoms. The van der Waals surface area contributed by atoms with Gasteiger partial charge in [0.15, 0.2) is 11.5 Å². The van der Waals surface area contributed by atoms with Gasteiger partial charge in [0.2, 0.25) is 18.3 Å². The number of nitrogens with one attached hydrogen (secondary N) is 1. The fraction of sp³-hybridized carbons (Fsp3) is 0.333. The van der Waals surface area contributed by atoms with Gasteiger partial charge in [0, 0.05) is 24.0 Å². The van der Waals surface area contributed by atoms with Crippen molar-refractivity contribution in [1.29, 1.82) is 0 Å². The molecule has 9 heteroatoms. The highest BCUT2D eigenvalue weighted by Crippen LogP contribution is 2.49. The first-order valence-electron chi connectivity index (χ1n) is 9.37. The summed E-state index contributed by atoms with van der Waals surface area (Å²) in [6.45, 7) is 0.317. The highest BCUT2D eigenvalue weighted by atomic mass is 19.1. The topological polar surface area (TPSA) is 87.6 Å². The predicted molar refractivity (Wildman–Crippen MR) is 105 cm³/mol. The van der Waals surface area contributed by atoms with Gasteiger partial charge in [0.25, 0.3) is 5.91 Å². The number of ether oxygens (including phenoxy) is 4. The molecule has 0 radical (unpaired) electrons. The third-order valence-electron chi connectivity index (χ3n) is 4.85. The smallest absolute Gasteiger partial charge is 0.251 e. The second kappa shape index (κ2) is 8.48. The number of hydrogen-bond donors (Lipinski definition) is 1. The molecule has 2 heterocycles. The maximum atomic E-state index is 13.3. The predicted octanol–water partition coefficient (Wildman–Crippen LogP) is 2.69. The van der Waals surface area contributed by atoms with Gasteiger partial charge in [-0.3, -0.25) is 4.79 Å². The zero-order valence-corrected chi connectivity index (χ0v) is 16.6. The van der Waals surface area contributed by atoms with Gasteiger partial charge in [-0.15, -0.1) is 0 Å². The van der Waals surface area contributed by atoms with E-state index in [1.54, 1.807) is 20.3 Å². The Morgan fingerprint density at radius 2 is 2.07 bits per heavy atom. The number of hydrogen-bond acceptors (Lipinski definition) is 7. The first-order chi connectivity index (χ1) is 14.6. The van der Waals surface area contributed by atoms with Crippen LogP contribution >= 0.6 is 0 Å². The molecule has 1 N–H and O–H groups in total. The van der Waals surface area contributed by atoms with E-state index in [4.69, 9.17) is 23.8 Å². The van der Waals surface area contributed by atoms with Gasteiger partial charge in [-0.05, 0) is 24.3 Å². The molecular formula is C21H21FN2O6. The lowest BCUT2D eigenvalue weighted by Crippen LogP contribution is -2.29. The molecule has 2 aromatic rings. The second-order valence-corrected chi connectivity index (χ2v) is 6.82. The zero-order valence-electron chi connectivity index (χ0n) is 16.6. The number of oxime groups is 1.